The maximum atomic E-state index is 9.04. The molecular weight excluding hydrogens is 242 g/mol. The van der Waals surface area contributed by atoms with E-state index in [2.05, 4.69) is 24.3 Å². The van der Waals surface area contributed by atoms with E-state index in [0.717, 1.165) is 38.6 Å². The molecule has 5 nitrogen and oxygen atoms in total. The number of oxime groups is 1. The van der Waals surface area contributed by atoms with Crippen LogP contribution in [0.1, 0.15) is 59.8 Å². The number of amidine groups is 1. The van der Waals surface area contributed by atoms with Gasteiger partial charge < -0.3 is 21.4 Å². The fraction of sp³-hybridized carbons (Fsp3) is 0.929. The molecule has 5 N–H and O–H groups in total. The van der Waals surface area contributed by atoms with E-state index in [1.807, 2.05) is 13.8 Å². The molecule has 0 aromatic carbocycles. The van der Waals surface area contributed by atoms with Gasteiger partial charge >= 0.3 is 0 Å². The summed E-state index contributed by atoms with van der Waals surface area (Å²) >= 11 is 0. The van der Waals surface area contributed by atoms with Crippen molar-refractivity contribution in [2.24, 2.45) is 16.3 Å². The van der Waals surface area contributed by atoms with Gasteiger partial charge in [0.05, 0.1) is 0 Å². The maximum absolute atomic E-state index is 9.04. The highest BCUT2D eigenvalue weighted by Crippen LogP contribution is 2.23. The molecule has 0 aliphatic rings. The zero-order valence-electron chi connectivity index (χ0n) is 12.9. The third kappa shape index (κ3) is 6.78. The first-order valence-corrected chi connectivity index (χ1v) is 7.15. The molecule has 0 aliphatic carbocycles. The molecule has 0 heterocycles. The smallest absolute Gasteiger partial charge is 0.144 e. The predicted molar refractivity (Wildman–Crippen MR) is 79.4 cm³/mol. The Balaban J connectivity index is 3.93. The molecule has 0 aromatic heterocycles. The van der Waals surface area contributed by atoms with Crippen molar-refractivity contribution in [3.63, 3.8) is 0 Å². The lowest BCUT2D eigenvalue weighted by atomic mass is 9.86. The number of rotatable bonds is 10. The number of hydrogen-bond donors (Lipinski definition) is 4. The second-order valence-corrected chi connectivity index (χ2v) is 6.14. The zero-order valence-corrected chi connectivity index (χ0v) is 12.9. The van der Waals surface area contributed by atoms with Crippen LogP contribution in [0.5, 0.6) is 0 Å². The van der Waals surface area contributed by atoms with Gasteiger partial charge in [-0.1, -0.05) is 32.3 Å². The Morgan fingerprint density at radius 2 is 1.84 bits per heavy atom. The van der Waals surface area contributed by atoms with Crippen molar-refractivity contribution < 1.29 is 10.3 Å². The molecule has 0 rings (SSSR count). The minimum Gasteiger partial charge on any atom is -0.409 e. The van der Waals surface area contributed by atoms with E-state index in [-0.39, 0.29) is 17.6 Å². The number of nitrogens with two attached hydrogens (primary N) is 1. The molecule has 1 atom stereocenters. The SMILES string of the molecule is CCC(C)(CCO)NCCCCC(C)(C)C(N)=NO. The normalized spacial score (nSPS) is 16.4. The van der Waals surface area contributed by atoms with Gasteiger partial charge in [-0.15, -0.1) is 0 Å². The Kier molecular flexibility index (Phi) is 8.02. The van der Waals surface area contributed by atoms with Crippen molar-refractivity contribution >= 4 is 5.84 Å². The van der Waals surface area contributed by atoms with Crippen molar-refractivity contribution in [1.82, 2.24) is 5.32 Å². The molecule has 0 aliphatic heterocycles. The van der Waals surface area contributed by atoms with Crippen LogP contribution in [-0.4, -0.2) is 34.8 Å². The van der Waals surface area contributed by atoms with Gasteiger partial charge in [0.25, 0.3) is 0 Å². The summed E-state index contributed by atoms with van der Waals surface area (Å²) in [5.74, 6) is 0.291. The van der Waals surface area contributed by atoms with Crippen LogP contribution >= 0.6 is 0 Å². The van der Waals surface area contributed by atoms with E-state index < -0.39 is 0 Å². The van der Waals surface area contributed by atoms with Gasteiger partial charge in [-0.05, 0) is 39.2 Å². The van der Waals surface area contributed by atoms with Crippen LogP contribution in [0, 0.1) is 5.41 Å². The monoisotopic (exact) mass is 273 g/mol. The minimum atomic E-state index is -0.256. The summed E-state index contributed by atoms with van der Waals surface area (Å²) in [5, 5.41) is 24.3. The lowest BCUT2D eigenvalue weighted by Crippen LogP contribution is -2.43. The quantitative estimate of drug-likeness (QED) is 0.161. The van der Waals surface area contributed by atoms with Gasteiger partial charge in [0.2, 0.25) is 0 Å². The standard InChI is InChI=1S/C14H31N3O2/c1-5-14(4,9-11-18)16-10-7-6-8-13(2,3)12(15)17-19/h16,18-19H,5-11H2,1-4H3,(H2,15,17). The average molecular weight is 273 g/mol. The third-order valence-electron chi connectivity index (χ3n) is 4.03. The molecule has 0 fully saturated rings. The van der Waals surface area contributed by atoms with E-state index in [1.54, 1.807) is 0 Å². The van der Waals surface area contributed by atoms with Crippen molar-refractivity contribution in [2.75, 3.05) is 13.2 Å². The number of aliphatic hydroxyl groups excluding tert-OH is 1. The van der Waals surface area contributed by atoms with E-state index in [9.17, 15) is 0 Å². The summed E-state index contributed by atoms with van der Waals surface area (Å²) in [6.07, 6.45) is 4.74. The molecule has 0 amide bonds. The second kappa shape index (κ2) is 8.38. The first kappa shape index (κ1) is 18.2. The Bertz CT molecular complexity index is 280. The highest BCUT2D eigenvalue weighted by atomic mass is 16.4. The molecule has 0 radical (unpaired) electrons. The molecule has 0 saturated heterocycles. The molecule has 0 bridgehead atoms. The predicted octanol–water partition coefficient (Wildman–Crippen LogP) is 2.07. The molecule has 19 heavy (non-hydrogen) atoms. The van der Waals surface area contributed by atoms with Gasteiger partial charge in [0.15, 0.2) is 0 Å². The van der Waals surface area contributed by atoms with E-state index >= 15 is 0 Å². The number of nitrogens with one attached hydrogen (secondary N) is 1. The average Bonchev–Trinajstić information content (AvgIpc) is 2.37. The first-order chi connectivity index (χ1) is 8.81. The van der Waals surface area contributed by atoms with Gasteiger partial charge in [0, 0.05) is 17.6 Å². The highest BCUT2D eigenvalue weighted by molar-refractivity contribution is 5.85. The fourth-order valence-corrected chi connectivity index (χ4v) is 1.98. The lowest BCUT2D eigenvalue weighted by Gasteiger charge is -2.29. The topological polar surface area (TPSA) is 90.9 Å². The molecule has 0 aromatic rings. The molecule has 0 spiro atoms. The minimum absolute atomic E-state index is 0.0237. The van der Waals surface area contributed by atoms with Gasteiger partial charge in [-0.25, -0.2) is 0 Å². The second-order valence-electron chi connectivity index (χ2n) is 6.14. The number of aliphatic hydroxyl groups is 1. The maximum Gasteiger partial charge on any atom is 0.144 e. The third-order valence-corrected chi connectivity index (χ3v) is 4.03. The van der Waals surface area contributed by atoms with Crippen molar-refractivity contribution in [1.29, 1.82) is 0 Å². The lowest BCUT2D eigenvalue weighted by molar-refractivity contribution is 0.215. The Labute approximate surface area is 117 Å². The van der Waals surface area contributed by atoms with Crippen LogP contribution in [0.25, 0.3) is 0 Å². The summed E-state index contributed by atoms with van der Waals surface area (Å²) in [4.78, 5) is 0. The van der Waals surface area contributed by atoms with E-state index in [0.29, 0.717) is 5.84 Å². The summed E-state index contributed by atoms with van der Waals surface area (Å²) in [5.41, 5.74) is 5.42. The Hall–Kier alpha value is -0.810. The Morgan fingerprint density at radius 1 is 1.21 bits per heavy atom. The van der Waals surface area contributed by atoms with Gasteiger partial charge in [-0.2, -0.15) is 0 Å². The summed E-state index contributed by atoms with van der Waals surface area (Å²) < 4.78 is 0. The first-order valence-electron chi connectivity index (χ1n) is 7.15. The molecule has 1 unspecified atom stereocenters. The zero-order chi connectivity index (χ0) is 14.9. The van der Waals surface area contributed by atoms with Crippen LogP contribution in [0.4, 0.5) is 0 Å². The molecule has 5 heteroatoms. The largest absolute Gasteiger partial charge is 0.409 e. The molecule has 114 valence electrons. The van der Waals surface area contributed by atoms with Crippen molar-refractivity contribution in [2.45, 2.75) is 65.3 Å². The van der Waals surface area contributed by atoms with E-state index in [1.165, 1.54) is 0 Å². The van der Waals surface area contributed by atoms with Crippen LogP contribution in [-0.2, 0) is 0 Å². The van der Waals surface area contributed by atoms with Crippen LogP contribution in [0.3, 0.4) is 0 Å². The van der Waals surface area contributed by atoms with Crippen LogP contribution < -0.4 is 11.1 Å². The van der Waals surface area contributed by atoms with Crippen LogP contribution in [0.15, 0.2) is 5.16 Å². The highest BCUT2D eigenvalue weighted by Gasteiger charge is 2.23. The molecular formula is C14H31N3O2. The van der Waals surface area contributed by atoms with Crippen LogP contribution in [0.2, 0.25) is 0 Å². The summed E-state index contributed by atoms with van der Waals surface area (Å²) in [6, 6.07) is 0. The number of hydrogen-bond acceptors (Lipinski definition) is 4. The van der Waals surface area contributed by atoms with Crippen molar-refractivity contribution in [3.05, 3.63) is 0 Å². The van der Waals surface area contributed by atoms with Gasteiger partial charge in [-0.3, -0.25) is 0 Å². The molecule has 0 saturated carbocycles. The van der Waals surface area contributed by atoms with E-state index in [4.69, 9.17) is 16.0 Å². The Morgan fingerprint density at radius 3 is 2.32 bits per heavy atom. The number of nitrogens with zero attached hydrogens (tertiary/aromatic N) is 1. The fourth-order valence-electron chi connectivity index (χ4n) is 1.98. The van der Waals surface area contributed by atoms with Gasteiger partial charge in [0.1, 0.15) is 5.84 Å². The number of unbranched alkanes of at least 4 members (excludes halogenated alkanes) is 1. The summed E-state index contributed by atoms with van der Waals surface area (Å²) in [7, 11) is 0. The van der Waals surface area contributed by atoms with Crippen molar-refractivity contribution in [3.8, 4) is 0 Å². The summed E-state index contributed by atoms with van der Waals surface area (Å²) in [6.45, 7) is 9.38.